The van der Waals surface area contributed by atoms with E-state index in [4.69, 9.17) is 18.9 Å². The molecule has 0 radical (unpaired) electrons. The van der Waals surface area contributed by atoms with Crippen LogP contribution in [0.1, 0.15) is 25.7 Å². The first-order chi connectivity index (χ1) is 15.6. The van der Waals surface area contributed by atoms with Gasteiger partial charge in [-0.05, 0) is 37.8 Å². The Kier molecular flexibility index (Phi) is 8.67. The van der Waals surface area contributed by atoms with Gasteiger partial charge in [0.25, 0.3) is 0 Å². The summed E-state index contributed by atoms with van der Waals surface area (Å²) < 4.78 is 20.9. The Morgan fingerprint density at radius 3 is 1.16 bits per heavy atom. The van der Waals surface area contributed by atoms with E-state index in [-0.39, 0.29) is 26.4 Å². The van der Waals surface area contributed by atoms with Crippen molar-refractivity contribution in [1.82, 2.24) is 0 Å². The summed E-state index contributed by atoms with van der Waals surface area (Å²) in [5.74, 6) is 0.711. The normalized spacial score (nSPS) is 30.8. The van der Waals surface area contributed by atoms with Gasteiger partial charge in [-0.2, -0.15) is 0 Å². The standard InChI is InChI=1S/C24H26O8/c25-21-17-9-1-2-10-18(17)22(26)30-14-7-8-16-32-24(28)20-12-4-3-11-19(20)23(27)31-15-6-5-13-29-21/h1-6,17-20H,9-16H2/b6-5+/t17-,18+,19+,20-. The van der Waals surface area contributed by atoms with Gasteiger partial charge >= 0.3 is 23.9 Å². The van der Waals surface area contributed by atoms with Crippen LogP contribution in [-0.4, -0.2) is 50.3 Å². The molecule has 8 nitrogen and oxygen atoms in total. The molecule has 0 spiro atoms. The van der Waals surface area contributed by atoms with E-state index < -0.39 is 47.5 Å². The maximum atomic E-state index is 12.4. The minimum absolute atomic E-state index is 0.00897. The molecule has 4 atom stereocenters. The molecule has 0 saturated carbocycles. The number of ether oxygens (including phenoxy) is 4. The molecule has 0 aromatic rings. The lowest BCUT2D eigenvalue weighted by atomic mass is 9.83. The maximum absolute atomic E-state index is 12.4. The van der Waals surface area contributed by atoms with Gasteiger partial charge in [-0.3, -0.25) is 19.2 Å². The molecule has 0 amide bonds. The van der Waals surface area contributed by atoms with Gasteiger partial charge in [-0.15, -0.1) is 0 Å². The SMILES string of the molecule is O=C1OC/C=C/COC(=O)[C@@H]2CC=CC[C@@H]2C(=O)OCC#CCOC(=O)[C@@H]2CC=CC[C@H]12. The number of carbonyl (C=O) groups is 4. The van der Waals surface area contributed by atoms with Crippen LogP contribution in [0, 0.1) is 35.5 Å². The van der Waals surface area contributed by atoms with E-state index >= 15 is 0 Å². The van der Waals surface area contributed by atoms with Crippen molar-refractivity contribution in [3.63, 3.8) is 0 Å². The molecule has 0 fully saturated rings. The van der Waals surface area contributed by atoms with E-state index in [1.54, 1.807) is 12.2 Å². The first-order valence-corrected chi connectivity index (χ1v) is 10.6. The summed E-state index contributed by atoms with van der Waals surface area (Å²) in [4.78, 5) is 49.7. The number of carbonyl (C=O) groups excluding carboxylic acids is 4. The van der Waals surface area contributed by atoms with E-state index in [0.29, 0.717) is 25.7 Å². The van der Waals surface area contributed by atoms with Crippen molar-refractivity contribution >= 4 is 23.9 Å². The van der Waals surface area contributed by atoms with Gasteiger partial charge in [0.1, 0.15) is 13.2 Å². The molecule has 3 aliphatic rings. The van der Waals surface area contributed by atoms with Crippen LogP contribution in [0.3, 0.4) is 0 Å². The van der Waals surface area contributed by atoms with Crippen LogP contribution < -0.4 is 0 Å². The van der Waals surface area contributed by atoms with Gasteiger partial charge in [-0.25, -0.2) is 0 Å². The monoisotopic (exact) mass is 442 g/mol. The van der Waals surface area contributed by atoms with Crippen molar-refractivity contribution < 1.29 is 38.1 Å². The number of allylic oxidation sites excluding steroid dienone is 4. The van der Waals surface area contributed by atoms with Crippen LogP contribution in [0.15, 0.2) is 36.5 Å². The summed E-state index contributed by atoms with van der Waals surface area (Å²) in [6, 6.07) is 0. The van der Waals surface area contributed by atoms with Crippen LogP contribution in [-0.2, 0) is 38.1 Å². The van der Waals surface area contributed by atoms with E-state index in [9.17, 15) is 19.2 Å². The van der Waals surface area contributed by atoms with Crippen molar-refractivity contribution in [2.75, 3.05) is 26.4 Å². The third kappa shape index (κ3) is 6.33. The zero-order valence-corrected chi connectivity index (χ0v) is 17.7. The van der Waals surface area contributed by atoms with Crippen LogP contribution in [0.2, 0.25) is 0 Å². The zero-order valence-electron chi connectivity index (χ0n) is 17.7. The molecule has 0 N–H and O–H groups in total. The Bertz CT molecular complexity index is 804. The van der Waals surface area contributed by atoms with E-state index in [2.05, 4.69) is 11.8 Å². The lowest BCUT2D eigenvalue weighted by Gasteiger charge is -2.25. The number of rotatable bonds is 0. The maximum Gasteiger partial charge on any atom is 0.311 e. The molecule has 0 bridgehead atoms. The highest BCUT2D eigenvalue weighted by Crippen LogP contribution is 2.29. The Labute approximate surface area is 186 Å². The molecule has 1 aliphatic heterocycles. The fourth-order valence-corrected chi connectivity index (χ4v) is 3.81. The summed E-state index contributed by atoms with van der Waals surface area (Å²) in [7, 11) is 0. The Morgan fingerprint density at radius 2 is 0.812 bits per heavy atom. The molecule has 0 saturated heterocycles. The molecule has 0 aromatic heterocycles. The highest BCUT2D eigenvalue weighted by atomic mass is 16.5. The van der Waals surface area contributed by atoms with Crippen molar-refractivity contribution in [3.05, 3.63) is 36.5 Å². The van der Waals surface area contributed by atoms with Crippen molar-refractivity contribution in [3.8, 4) is 11.8 Å². The second-order valence-corrected chi connectivity index (χ2v) is 7.61. The fourth-order valence-electron chi connectivity index (χ4n) is 3.81. The van der Waals surface area contributed by atoms with Gasteiger partial charge in [-0.1, -0.05) is 36.1 Å². The minimum atomic E-state index is -0.640. The van der Waals surface area contributed by atoms with Crippen LogP contribution in [0.25, 0.3) is 0 Å². The average molecular weight is 442 g/mol. The Hall–Kier alpha value is -3.34. The van der Waals surface area contributed by atoms with Gasteiger partial charge in [0, 0.05) is 0 Å². The Balaban J connectivity index is 1.68. The van der Waals surface area contributed by atoms with Crippen molar-refractivity contribution in [2.45, 2.75) is 25.7 Å². The average Bonchev–Trinajstić information content (AvgIpc) is 2.82. The minimum Gasteiger partial charge on any atom is -0.461 e. The number of cyclic esters (lactones) is 4. The van der Waals surface area contributed by atoms with Crippen LogP contribution in [0.5, 0.6) is 0 Å². The highest BCUT2D eigenvalue weighted by Gasteiger charge is 2.37. The summed E-state index contributed by atoms with van der Waals surface area (Å²) in [5.41, 5.74) is 0. The molecule has 2 aliphatic carbocycles. The van der Waals surface area contributed by atoms with Gasteiger partial charge in [0.15, 0.2) is 13.2 Å². The van der Waals surface area contributed by atoms with E-state index in [0.717, 1.165) is 0 Å². The predicted octanol–water partition coefficient (Wildman–Crippen LogP) is 1.90. The third-order valence-corrected chi connectivity index (χ3v) is 5.58. The molecule has 1 heterocycles. The second-order valence-electron chi connectivity index (χ2n) is 7.61. The summed E-state index contributed by atoms with van der Waals surface area (Å²) in [5, 5.41) is 0. The number of fused-ring (bicyclic) bond motifs is 2. The molecular formula is C24H26O8. The lowest BCUT2D eigenvalue weighted by Crippen LogP contribution is -2.34. The first kappa shape index (κ1) is 23.3. The topological polar surface area (TPSA) is 105 Å². The first-order valence-electron chi connectivity index (χ1n) is 10.6. The molecular weight excluding hydrogens is 416 g/mol. The van der Waals surface area contributed by atoms with Crippen molar-refractivity contribution in [1.29, 1.82) is 0 Å². The summed E-state index contributed by atoms with van der Waals surface area (Å²) in [6.07, 6.45) is 12.0. The molecule has 0 aromatic carbocycles. The smallest absolute Gasteiger partial charge is 0.311 e. The largest absolute Gasteiger partial charge is 0.461 e. The number of hydrogen-bond acceptors (Lipinski definition) is 8. The number of hydrogen-bond donors (Lipinski definition) is 0. The molecule has 0 unspecified atom stereocenters. The highest BCUT2D eigenvalue weighted by molar-refractivity contribution is 5.83. The second kappa shape index (κ2) is 11.9. The van der Waals surface area contributed by atoms with Gasteiger partial charge in [0.05, 0.1) is 23.7 Å². The fraction of sp³-hybridized carbons (Fsp3) is 0.500. The third-order valence-electron chi connectivity index (χ3n) is 5.58. The Morgan fingerprint density at radius 1 is 0.500 bits per heavy atom. The van der Waals surface area contributed by atoms with Crippen molar-refractivity contribution in [2.24, 2.45) is 23.7 Å². The van der Waals surface area contributed by atoms with E-state index in [1.807, 2.05) is 24.3 Å². The number of esters is 4. The summed E-state index contributed by atoms with van der Waals surface area (Å²) >= 11 is 0. The van der Waals surface area contributed by atoms with Gasteiger partial charge < -0.3 is 18.9 Å². The molecule has 170 valence electrons. The van der Waals surface area contributed by atoms with Crippen LogP contribution >= 0.6 is 0 Å². The quantitative estimate of drug-likeness (QED) is 0.242. The summed E-state index contributed by atoms with van der Waals surface area (Å²) in [6.45, 7) is -0.375. The van der Waals surface area contributed by atoms with Gasteiger partial charge in [0.2, 0.25) is 0 Å². The van der Waals surface area contributed by atoms with E-state index in [1.165, 1.54) is 0 Å². The molecule has 8 heteroatoms. The lowest BCUT2D eigenvalue weighted by molar-refractivity contribution is -0.159. The molecule has 3 rings (SSSR count). The van der Waals surface area contributed by atoms with Crippen LogP contribution in [0.4, 0.5) is 0 Å². The predicted molar refractivity (Wildman–Crippen MR) is 111 cm³/mol. The zero-order chi connectivity index (χ0) is 22.8. The molecule has 32 heavy (non-hydrogen) atoms.